The molecule has 2 aliphatic rings. The van der Waals surface area contributed by atoms with Crippen LogP contribution in [-0.2, 0) is 17.4 Å². The van der Waals surface area contributed by atoms with Gasteiger partial charge in [0.2, 0.25) is 11.2 Å². The van der Waals surface area contributed by atoms with Gasteiger partial charge in [-0.05, 0) is 36.3 Å². The third kappa shape index (κ3) is 1.83. The number of aryl methyl sites for hydroxylation is 1. The van der Waals surface area contributed by atoms with Gasteiger partial charge >= 0.3 is 0 Å². The molecule has 2 aromatic heterocycles. The lowest BCUT2D eigenvalue weighted by Gasteiger charge is -2.25. The van der Waals surface area contributed by atoms with E-state index >= 15 is 0 Å². The van der Waals surface area contributed by atoms with Gasteiger partial charge in [-0.1, -0.05) is 52.0 Å². The average molecular weight is 375 g/mol. The summed E-state index contributed by atoms with van der Waals surface area (Å²) in [5, 5.41) is 1.48. The van der Waals surface area contributed by atoms with Gasteiger partial charge < -0.3 is 0 Å². The van der Waals surface area contributed by atoms with Crippen molar-refractivity contribution in [3.8, 4) is 10.6 Å². The van der Waals surface area contributed by atoms with E-state index < -0.39 is 0 Å². The van der Waals surface area contributed by atoms with Gasteiger partial charge in [0.05, 0.1) is 5.41 Å². The minimum Gasteiger partial charge on any atom is -0.187 e. The van der Waals surface area contributed by atoms with E-state index in [2.05, 4.69) is 74.5 Å². The first kappa shape index (κ1) is 17.2. The van der Waals surface area contributed by atoms with E-state index in [1.54, 1.807) is 5.56 Å². The first-order valence-corrected chi connectivity index (χ1v) is 11.2. The maximum absolute atomic E-state index is 4.64. The van der Waals surface area contributed by atoms with Crippen molar-refractivity contribution in [1.29, 1.82) is 0 Å². The highest BCUT2D eigenvalue weighted by Crippen LogP contribution is 2.72. The van der Waals surface area contributed by atoms with Gasteiger partial charge in [-0.25, -0.2) is 0 Å². The van der Waals surface area contributed by atoms with Crippen molar-refractivity contribution in [2.75, 3.05) is 0 Å². The second-order valence-corrected chi connectivity index (χ2v) is 9.13. The number of allylic oxidation sites excluding steroid dienone is 1. The van der Waals surface area contributed by atoms with Crippen LogP contribution in [0, 0.1) is 0 Å². The van der Waals surface area contributed by atoms with E-state index in [0.717, 1.165) is 12.8 Å². The lowest BCUT2D eigenvalue weighted by Crippen LogP contribution is -2.54. The first-order valence-electron chi connectivity index (χ1n) is 10.4. The number of hydrogen-bond donors (Lipinski definition) is 0. The summed E-state index contributed by atoms with van der Waals surface area (Å²) < 4.78 is 4.05. The third-order valence-electron chi connectivity index (χ3n) is 7.23. The number of fused-ring (bicyclic) bond motifs is 8. The summed E-state index contributed by atoms with van der Waals surface area (Å²) in [7, 11) is 0. The van der Waals surface area contributed by atoms with Crippen LogP contribution >= 0.6 is 11.3 Å². The summed E-state index contributed by atoms with van der Waals surface area (Å²) in [4.78, 5) is 1.47. The van der Waals surface area contributed by atoms with Crippen LogP contribution in [0.15, 0.2) is 54.7 Å². The summed E-state index contributed by atoms with van der Waals surface area (Å²) in [6.45, 7) is 11.6. The van der Waals surface area contributed by atoms with Crippen LogP contribution in [0.25, 0.3) is 20.7 Å². The molecular formula is C25H28NS+. The van der Waals surface area contributed by atoms with E-state index in [0.29, 0.717) is 0 Å². The number of thiophene rings is 1. The Balaban J connectivity index is 1.88. The van der Waals surface area contributed by atoms with Crippen molar-refractivity contribution >= 4 is 21.4 Å². The highest BCUT2D eigenvalue weighted by Gasteiger charge is 2.81. The normalized spacial score (nSPS) is 25.2. The summed E-state index contributed by atoms with van der Waals surface area (Å²) in [6.07, 6.45) is 8.20. The van der Waals surface area contributed by atoms with Crippen LogP contribution < -0.4 is 4.57 Å². The highest BCUT2D eigenvalue weighted by atomic mass is 32.1. The Morgan fingerprint density at radius 2 is 1.89 bits per heavy atom. The van der Waals surface area contributed by atoms with Gasteiger partial charge in [0, 0.05) is 34.4 Å². The summed E-state index contributed by atoms with van der Waals surface area (Å²) in [6, 6.07) is 13.6. The van der Waals surface area contributed by atoms with Crippen molar-refractivity contribution in [2.24, 2.45) is 0 Å². The van der Waals surface area contributed by atoms with Crippen LogP contribution in [0.4, 0.5) is 0 Å². The van der Waals surface area contributed by atoms with E-state index in [1.807, 2.05) is 11.3 Å². The molecule has 3 aromatic rings. The SMILES string of the molecule is C=C1C2(CC)c3c(sc4c(CCCC)cccc34)-c3cccc[n+]3C12CC. The maximum atomic E-state index is 4.64. The molecule has 0 saturated heterocycles. The molecule has 1 nitrogen and oxygen atoms in total. The molecule has 0 N–H and O–H groups in total. The van der Waals surface area contributed by atoms with Crippen molar-refractivity contribution < 1.29 is 4.57 Å². The molecule has 1 fully saturated rings. The zero-order valence-electron chi connectivity index (χ0n) is 16.6. The standard InChI is InChI=1S/C25H28NS/c1-5-8-12-18-13-11-14-19-21-23(27-22(18)19)20-15-9-10-16-26(20)25(7-3)17(4)24(21,25)6-2/h9-11,13-16H,4-8,12H2,1-3H3/q+1. The average Bonchev–Trinajstić information content (AvgIpc) is 3.04. The Hall–Kier alpha value is -1.93. The summed E-state index contributed by atoms with van der Waals surface area (Å²) in [5.74, 6) is 0. The van der Waals surface area contributed by atoms with Gasteiger partial charge in [0.25, 0.3) is 0 Å². The predicted molar refractivity (Wildman–Crippen MR) is 115 cm³/mol. The van der Waals surface area contributed by atoms with Crippen LogP contribution in [0.5, 0.6) is 0 Å². The molecule has 2 unspecified atom stereocenters. The number of nitrogens with zero attached hydrogens (tertiary/aromatic N) is 1. The zero-order chi connectivity index (χ0) is 18.8. The van der Waals surface area contributed by atoms with Crippen molar-refractivity contribution in [1.82, 2.24) is 0 Å². The Morgan fingerprint density at radius 1 is 1.04 bits per heavy atom. The monoisotopic (exact) mass is 374 g/mol. The van der Waals surface area contributed by atoms with Gasteiger partial charge in [-0.3, -0.25) is 0 Å². The van der Waals surface area contributed by atoms with Crippen LogP contribution in [-0.4, -0.2) is 0 Å². The van der Waals surface area contributed by atoms with Crippen LogP contribution in [0.2, 0.25) is 0 Å². The first-order chi connectivity index (χ1) is 13.2. The number of hydrogen-bond acceptors (Lipinski definition) is 1. The van der Waals surface area contributed by atoms with Gasteiger partial charge in [0.1, 0.15) is 4.88 Å². The van der Waals surface area contributed by atoms with Gasteiger partial charge in [-0.15, -0.1) is 11.3 Å². The number of benzene rings is 1. The molecular weight excluding hydrogens is 346 g/mol. The Morgan fingerprint density at radius 3 is 2.63 bits per heavy atom. The topological polar surface area (TPSA) is 3.88 Å². The Labute approximate surface area is 166 Å². The number of rotatable bonds is 5. The van der Waals surface area contributed by atoms with E-state index in [-0.39, 0.29) is 11.0 Å². The molecule has 1 saturated carbocycles. The second-order valence-electron chi connectivity index (χ2n) is 8.11. The van der Waals surface area contributed by atoms with Crippen LogP contribution in [0.3, 0.4) is 0 Å². The molecule has 27 heavy (non-hydrogen) atoms. The smallest absolute Gasteiger partial charge is 0.187 e. The maximum Gasteiger partial charge on any atom is 0.223 e. The van der Waals surface area contributed by atoms with E-state index in [1.165, 1.54) is 51.1 Å². The Bertz CT molecular complexity index is 1080. The Kier molecular flexibility index (Phi) is 3.68. The molecule has 2 atom stereocenters. The van der Waals surface area contributed by atoms with Crippen LogP contribution in [0.1, 0.15) is 57.6 Å². The molecule has 0 spiro atoms. The van der Waals surface area contributed by atoms with Crippen molar-refractivity contribution in [3.63, 3.8) is 0 Å². The van der Waals surface area contributed by atoms with E-state index in [9.17, 15) is 0 Å². The lowest BCUT2D eigenvalue weighted by atomic mass is 9.81. The minimum absolute atomic E-state index is 0.0543. The molecule has 2 heteroatoms. The quantitative estimate of drug-likeness (QED) is 0.353. The third-order valence-corrected chi connectivity index (χ3v) is 8.53. The van der Waals surface area contributed by atoms with Crippen molar-refractivity contribution in [3.05, 3.63) is 65.9 Å². The molecule has 1 aliphatic carbocycles. The largest absolute Gasteiger partial charge is 0.223 e. The van der Waals surface area contributed by atoms with Crippen molar-refractivity contribution in [2.45, 2.75) is 63.8 Å². The zero-order valence-corrected chi connectivity index (χ0v) is 17.5. The fraction of sp³-hybridized carbons (Fsp3) is 0.400. The summed E-state index contributed by atoms with van der Waals surface area (Å²) in [5.41, 5.74) is 6.03. The minimum atomic E-state index is 0.0543. The number of aromatic nitrogens is 1. The van der Waals surface area contributed by atoms with Gasteiger partial charge in [0.15, 0.2) is 6.20 Å². The fourth-order valence-corrected chi connectivity index (χ4v) is 7.40. The fourth-order valence-electron chi connectivity index (χ4n) is 5.96. The molecule has 0 bridgehead atoms. The molecule has 1 aromatic carbocycles. The van der Waals surface area contributed by atoms with Gasteiger partial charge in [-0.2, -0.15) is 4.57 Å². The summed E-state index contributed by atoms with van der Waals surface area (Å²) >= 11 is 2.01. The number of unbranched alkanes of at least 4 members (excludes halogenated alkanes) is 1. The molecule has 0 radical (unpaired) electrons. The number of pyridine rings is 1. The lowest BCUT2D eigenvalue weighted by molar-refractivity contribution is -0.731. The molecule has 138 valence electrons. The predicted octanol–water partition coefficient (Wildman–Crippen LogP) is 6.53. The molecule has 5 rings (SSSR count). The second kappa shape index (κ2) is 5.78. The highest BCUT2D eigenvalue weighted by molar-refractivity contribution is 7.22. The molecule has 3 heterocycles. The molecule has 0 amide bonds. The molecule has 1 aliphatic heterocycles. The van der Waals surface area contributed by atoms with E-state index in [4.69, 9.17) is 0 Å².